The minimum absolute atomic E-state index is 0.404. The lowest BCUT2D eigenvalue weighted by Gasteiger charge is -1.96. The largest absolute Gasteiger partial charge is 0.612 e. The molecule has 0 aliphatic carbocycles. The number of allylic oxidation sites excluding steroid dienone is 1. The molecule has 0 fully saturated rings. The zero-order valence-corrected chi connectivity index (χ0v) is 9.51. The van der Waals surface area contributed by atoms with Crippen molar-refractivity contribution >= 4 is 18.7 Å². The Morgan fingerprint density at radius 1 is 1.47 bits per heavy atom. The normalized spacial score (nSPS) is 10.2. The number of carbonyl (C=O) groups excluding carboxylic acids is 3. The molecular weight excluding hydrogens is 220 g/mol. The first-order valence-corrected chi connectivity index (χ1v) is 4.97. The number of ether oxygens (including phenoxy) is 1. The molecule has 0 N–H and O–H groups in total. The molecule has 0 bridgehead atoms. The van der Waals surface area contributed by atoms with Gasteiger partial charge in [-0.25, -0.2) is 4.79 Å². The molecule has 0 heterocycles. The van der Waals surface area contributed by atoms with E-state index < -0.39 is 11.9 Å². The summed E-state index contributed by atoms with van der Waals surface area (Å²) in [4.78, 5) is 22.0. The van der Waals surface area contributed by atoms with Crippen molar-refractivity contribution in [3.8, 4) is 0 Å². The van der Waals surface area contributed by atoms with Crippen LogP contribution < -0.4 is 0 Å². The molecule has 0 aliphatic heterocycles. The molecule has 1 rings (SSSR count). The summed E-state index contributed by atoms with van der Waals surface area (Å²) in [6.07, 6.45) is 3.54. The van der Waals surface area contributed by atoms with E-state index in [1.807, 2.05) is 6.07 Å². The summed E-state index contributed by atoms with van der Waals surface area (Å²) >= 11 is 0. The molecule has 0 atom stereocenters. The van der Waals surface area contributed by atoms with E-state index in [9.17, 15) is 9.59 Å². The zero-order chi connectivity index (χ0) is 12.7. The smallest absolute Gasteiger partial charge is 0.466 e. The Kier molecular flexibility index (Phi) is 4.81. The summed E-state index contributed by atoms with van der Waals surface area (Å²) in [5, 5.41) is 0. The van der Waals surface area contributed by atoms with Crippen LogP contribution in [-0.2, 0) is 20.4 Å². The van der Waals surface area contributed by atoms with E-state index in [0.717, 1.165) is 5.56 Å². The lowest BCUT2D eigenvalue weighted by Crippen LogP contribution is -1.99. The molecule has 0 unspecified atom stereocenters. The Bertz CT molecular complexity index is 460. The number of hydrogen-bond donors (Lipinski definition) is 0. The minimum atomic E-state index is -0.483. The molecule has 0 saturated heterocycles. The molecular formula is C13H13O4+. The van der Waals surface area contributed by atoms with E-state index in [4.69, 9.17) is 0 Å². The SMILES string of the molecule is C=[O+]C(=O)c1cccc(C/C=C/C(=O)OC)c1. The van der Waals surface area contributed by atoms with Crippen molar-refractivity contribution in [1.29, 1.82) is 0 Å². The first kappa shape index (κ1) is 12.8. The fourth-order valence-electron chi connectivity index (χ4n) is 1.27. The molecule has 17 heavy (non-hydrogen) atoms. The van der Waals surface area contributed by atoms with Gasteiger partial charge in [-0.1, -0.05) is 18.2 Å². The molecule has 4 heteroatoms. The summed E-state index contributed by atoms with van der Waals surface area (Å²) in [6, 6.07) is 6.92. The molecule has 4 nitrogen and oxygen atoms in total. The Balaban J connectivity index is 2.72. The van der Waals surface area contributed by atoms with Gasteiger partial charge in [0.15, 0.2) is 6.79 Å². The third-order valence-corrected chi connectivity index (χ3v) is 2.10. The highest BCUT2D eigenvalue weighted by Gasteiger charge is 2.15. The van der Waals surface area contributed by atoms with Gasteiger partial charge in [0.05, 0.1) is 11.9 Å². The summed E-state index contributed by atoms with van der Waals surface area (Å²) < 4.78 is 8.83. The van der Waals surface area contributed by atoms with Crippen LogP contribution in [0.5, 0.6) is 0 Å². The van der Waals surface area contributed by atoms with Gasteiger partial charge in [-0.15, -0.1) is 0 Å². The number of carbonyl (C=O) groups is 2. The van der Waals surface area contributed by atoms with Gasteiger partial charge in [0, 0.05) is 6.08 Å². The van der Waals surface area contributed by atoms with Crippen LogP contribution in [0.4, 0.5) is 0 Å². The summed E-state index contributed by atoms with van der Waals surface area (Å²) in [6.45, 7) is 3.06. The van der Waals surface area contributed by atoms with Crippen molar-refractivity contribution in [2.24, 2.45) is 0 Å². The highest BCUT2D eigenvalue weighted by Crippen LogP contribution is 2.07. The van der Waals surface area contributed by atoms with Gasteiger partial charge in [-0.3, -0.25) is 4.42 Å². The Hall–Kier alpha value is -2.23. The molecule has 88 valence electrons. The van der Waals surface area contributed by atoms with Crippen molar-refractivity contribution in [1.82, 2.24) is 0 Å². The standard InChI is InChI=1S/C13H13O4/c1-16-12(14)8-4-6-10-5-3-7-11(9-10)13(15)17-2/h3-5,7-9H,2,6H2,1H3/q+1/b8-4+. The topological polar surface area (TPSA) is 54.7 Å². The third-order valence-electron chi connectivity index (χ3n) is 2.10. The molecule has 0 aliphatic rings. The lowest BCUT2D eigenvalue weighted by atomic mass is 10.1. The minimum Gasteiger partial charge on any atom is -0.466 e. The second-order valence-electron chi connectivity index (χ2n) is 3.26. The predicted molar refractivity (Wildman–Crippen MR) is 62.8 cm³/mol. The fourth-order valence-corrected chi connectivity index (χ4v) is 1.27. The number of benzene rings is 1. The Morgan fingerprint density at radius 3 is 2.88 bits per heavy atom. The van der Waals surface area contributed by atoms with Gasteiger partial charge in [0.1, 0.15) is 5.56 Å². The second-order valence-corrected chi connectivity index (χ2v) is 3.26. The van der Waals surface area contributed by atoms with E-state index in [2.05, 4.69) is 16.0 Å². The van der Waals surface area contributed by atoms with Gasteiger partial charge in [0.25, 0.3) is 0 Å². The maximum absolute atomic E-state index is 11.2. The zero-order valence-electron chi connectivity index (χ0n) is 9.51. The van der Waals surface area contributed by atoms with Crippen LogP contribution in [0, 0.1) is 0 Å². The van der Waals surface area contributed by atoms with Crippen molar-refractivity contribution in [2.45, 2.75) is 6.42 Å². The number of hydrogen-bond acceptors (Lipinski definition) is 3. The van der Waals surface area contributed by atoms with Crippen molar-refractivity contribution in [3.05, 3.63) is 47.5 Å². The van der Waals surface area contributed by atoms with Gasteiger partial charge in [0.2, 0.25) is 0 Å². The van der Waals surface area contributed by atoms with Crippen molar-refractivity contribution < 1.29 is 18.8 Å². The Labute approximate surface area is 99.2 Å². The van der Waals surface area contributed by atoms with E-state index in [-0.39, 0.29) is 0 Å². The van der Waals surface area contributed by atoms with E-state index in [1.165, 1.54) is 13.2 Å². The van der Waals surface area contributed by atoms with Crippen LogP contribution in [0.1, 0.15) is 15.9 Å². The van der Waals surface area contributed by atoms with Crippen LogP contribution in [0.25, 0.3) is 0 Å². The van der Waals surface area contributed by atoms with Gasteiger partial charge in [-0.2, -0.15) is 0 Å². The Morgan fingerprint density at radius 2 is 2.24 bits per heavy atom. The molecule has 0 saturated carbocycles. The molecule has 1 aromatic rings. The number of esters is 1. The number of methoxy groups -OCH3 is 1. The van der Waals surface area contributed by atoms with Crippen LogP contribution in [0.15, 0.2) is 36.4 Å². The predicted octanol–water partition coefficient (Wildman–Crippen LogP) is 1.46. The van der Waals surface area contributed by atoms with E-state index in [0.29, 0.717) is 12.0 Å². The fraction of sp³-hybridized carbons (Fsp3) is 0.154. The highest BCUT2D eigenvalue weighted by atomic mass is 16.5. The monoisotopic (exact) mass is 233 g/mol. The van der Waals surface area contributed by atoms with Gasteiger partial charge < -0.3 is 4.74 Å². The quantitative estimate of drug-likeness (QED) is 0.449. The van der Waals surface area contributed by atoms with Crippen LogP contribution in [0.2, 0.25) is 0 Å². The van der Waals surface area contributed by atoms with Crippen LogP contribution in [0.3, 0.4) is 0 Å². The number of rotatable bonds is 4. The van der Waals surface area contributed by atoms with Crippen LogP contribution in [-0.4, -0.2) is 25.8 Å². The lowest BCUT2D eigenvalue weighted by molar-refractivity contribution is -0.334. The van der Waals surface area contributed by atoms with Crippen molar-refractivity contribution in [2.75, 3.05) is 7.11 Å². The summed E-state index contributed by atoms with van der Waals surface area (Å²) in [5.41, 5.74) is 1.33. The molecule has 0 spiro atoms. The second kappa shape index (κ2) is 6.37. The summed E-state index contributed by atoms with van der Waals surface area (Å²) in [7, 11) is 1.32. The first-order valence-electron chi connectivity index (χ1n) is 4.97. The molecule has 1 aromatic carbocycles. The molecule has 0 aromatic heterocycles. The highest BCUT2D eigenvalue weighted by molar-refractivity contribution is 5.87. The molecule has 0 radical (unpaired) electrons. The van der Waals surface area contributed by atoms with Crippen molar-refractivity contribution in [3.63, 3.8) is 0 Å². The molecule has 0 amide bonds. The maximum Gasteiger partial charge on any atom is 0.612 e. The van der Waals surface area contributed by atoms with Crippen LogP contribution >= 0.6 is 0 Å². The van der Waals surface area contributed by atoms with Gasteiger partial charge in [-0.05, 0) is 24.1 Å². The average Bonchev–Trinajstić information content (AvgIpc) is 2.38. The first-order chi connectivity index (χ1) is 8.17. The average molecular weight is 233 g/mol. The summed E-state index contributed by atoms with van der Waals surface area (Å²) in [5.74, 6) is -0.887. The van der Waals surface area contributed by atoms with E-state index >= 15 is 0 Å². The maximum atomic E-state index is 11.2. The third kappa shape index (κ3) is 4.03. The van der Waals surface area contributed by atoms with E-state index in [1.54, 1.807) is 24.3 Å². The van der Waals surface area contributed by atoms with Gasteiger partial charge >= 0.3 is 11.9 Å².